The first-order valence-electron chi connectivity index (χ1n) is 8.15. The Bertz CT molecular complexity index is 284. The summed E-state index contributed by atoms with van der Waals surface area (Å²) in [4.78, 5) is 0. The number of hydrogen-bond acceptors (Lipinski definition) is 5. The van der Waals surface area contributed by atoms with Gasteiger partial charge in [-0.1, -0.05) is 39.5 Å². The van der Waals surface area contributed by atoms with Crippen LogP contribution in [0.3, 0.4) is 0 Å². The molecule has 0 spiro atoms. The Morgan fingerprint density at radius 1 is 0.727 bits per heavy atom. The molecule has 5 nitrogen and oxygen atoms in total. The molecule has 0 rings (SSSR count). The highest BCUT2D eigenvalue weighted by molar-refractivity contribution is 5.01. The minimum absolute atomic E-state index is 0.396. The zero-order chi connectivity index (χ0) is 16.5. The summed E-state index contributed by atoms with van der Waals surface area (Å²) < 4.78 is 21.5. The summed E-state index contributed by atoms with van der Waals surface area (Å²) >= 11 is 0. The van der Waals surface area contributed by atoms with Gasteiger partial charge in [-0.05, 0) is 0 Å². The van der Waals surface area contributed by atoms with Gasteiger partial charge in [-0.3, -0.25) is 0 Å². The summed E-state index contributed by atoms with van der Waals surface area (Å²) in [5.41, 5.74) is 0. The van der Waals surface area contributed by atoms with Gasteiger partial charge in [0.05, 0.1) is 46.2 Å². The quantitative estimate of drug-likeness (QED) is 0.391. The average molecular weight is 315 g/mol. The first-order valence-corrected chi connectivity index (χ1v) is 8.15. The first-order chi connectivity index (χ1) is 10.6. The molecule has 0 aliphatic carbocycles. The molecule has 0 bridgehead atoms. The molecule has 0 amide bonds. The second kappa shape index (κ2) is 16.7. The van der Waals surface area contributed by atoms with Crippen molar-refractivity contribution in [3.8, 4) is 11.8 Å². The number of nitrogens with one attached hydrogen (secondary N) is 1. The van der Waals surface area contributed by atoms with Gasteiger partial charge in [-0.15, -0.1) is 0 Å². The maximum Gasteiger partial charge on any atom is 0.107 e. The van der Waals surface area contributed by atoms with Gasteiger partial charge in [0.25, 0.3) is 0 Å². The Morgan fingerprint density at radius 3 is 1.73 bits per heavy atom. The van der Waals surface area contributed by atoms with E-state index in [-0.39, 0.29) is 0 Å². The van der Waals surface area contributed by atoms with Crippen molar-refractivity contribution in [1.29, 1.82) is 0 Å². The maximum atomic E-state index is 5.42. The van der Waals surface area contributed by atoms with Gasteiger partial charge in [0.2, 0.25) is 0 Å². The fourth-order valence-corrected chi connectivity index (χ4v) is 1.45. The van der Waals surface area contributed by atoms with Crippen molar-refractivity contribution in [3.05, 3.63) is 0 Å². The van der Waals surface area contributed by atoms with Gasteiger partial charge in [0, 0.05) is 18.5 Å². The Morgan fingerprint density at radius 2 is 1.23 bits per heavy atom. The fourth-order valence-electron chi connectivity index (χ4n) is 1.45. The first kappa shape index (κ1) is 21.4. The second-order valence-electron chi connectivity index (χ2n) is 5.47. The lowest BCUT2D eigenvalue weighted by molar-refractivity contribution is 0.00159. The van der Waals surface area contributed by atoms with Crippen LogP contribution in [0.4, 0.5) is 0 Å². The average Bonchev–Trinajstić information content (AvgIpc) is 2.46. The van der Waals surface area contributed by atoms with Crippen LogP contribution in [-0.2, 0) is 18.9 Å². The van der Waals surface area contributed by atoms with E-state index in [1.54, 1.807) is 0 Å². The summed E-state index contributed by atoms with van der Waals surface area (Å²) in [7, 11) is 0. The van der Waals surface area contributed by atoms with Crippen LogP contribution in [0.15, 0.2) is 0 Å². The van der Waals surface area contributed by atoms with E-state index in [4.69, 9.17) is 18.9 Å². The number of hydrogen-bond donors (Lipinski definition) is 1. The van der Waals surface area contributed by atoms with Crippen LogP contribution in [0.5, 0.6) is 0 Å². The molecule has 0 atom stereocenters. The van der Waals surface area contributed by atoms with Gasteiger partial charge < -0.3 is 24.3 Å². The lowest BCUT2D eigenvalue weighted by atomic mass is 10.2. The van der Waals surface area contributed by atoms with Crippen molar-refractivity contribution in [3.63, 3.8) is 0 Å². The lowest BCUT2D eigenvalue weighted by Gasteiger charge is -2.09. The van der Waals surface area contributed by atoms with Crippen LogP contribution in [-0.4, -0.2) is 65.4 Å². The highest BCUT2D eigenvalue weighted by Crippen LogP contribution is 1.86. The zero-order valence-corrected chi connectivity index (χ0v) is 14.7. The zero-order valence-electron chi connectivity index (χ0n) is 14.7. The Hall–Kier alpha value is -0.640. The molecular weight excluding hydrogens is 282 g/mol. The van der Waals surface area contributed by atoms with E-state index in [0.29, 0.717) is 58.2 Å². The number of ether oxygens (including phenoxy) is 4. The van der Waals surface area contributed by atoms with E-state index in [9.17, 15) is 0 Å². The summed E-state index contributed by atoms with van der Waals surface area (Å²) in [6.07, 6.45) is 0. The highest BCUT2D eigenvalue weighted by Gasteiger charge is 1.93. The van der Waals surface area contributed by atoms with Crippen molar-refractivity contribution < 1.29 is 18.9 Å². The third kappa shape index (κ3) is 19.4. The van der Waals surface area contributed by atoms with Gasteiger partial charge in [-0.2, -0.15) is 0 Å². The van der Waals surface area contributed by atoms with E-state index in [0.717, 1.165) is 13.2 Å². The Balaban J connectivity index is 3.05. The molecule has 0 aliphatic heterocycles. The van der Waals surface area contributed by atoms with Gasteiger partial charge in [0.1, 0.15) is 6.61 Å². The van der Waals surface area contributed by atoms with E-state index < -0.39 is 0 Å². The fraction of sp³-hybridized carbons (Fsp3) is 0.882. The van der Waals surface area contributed by atoms with Crippen molar-refractivity contribution in [2.75, 3.05) is 59.4 Å². The Kier molecular flexibility index (Phi) is 16.2. The molecule has 0 radical (unpaired) electrons. The summed E-state index contributed by atoms with van der Waals surface area (Å²) in [6.45, 7) is 14.0. The van der Waals surface area contributed by atoms with E-state index >= 15 is 0 Å². The molecule has 0 saturated carbocycles. The van der Waals surface area contributed by atoms with Gasteiger partial charge in [0.15, 0.2) is 0 Å². The predicted molar refractivity (Wildman–Crippen MR) is 89.0 cm³/mol. The van der Waals surface area contributed by atoms with Gasteiger partial charge in [-0.25, -0.2) is 0 Å². The molecule has 0 aromatic carbocycles. The SMILES string of the molecule is CC(C)C#CCOCCOCCOCCOCCNC(C)C. The Labute approximate surface area is 136 Å². The highest BCUT2D eigenvalue weighted by atomic mass is 16.6. The topological polar surface area (TPSA) is 49.0 Å². The van der Waals surface area contributed by atoms with E-state index in [1.807, 2.05) is 0 Å². The van der Waals surface area contributed by atoms with Crippen LogP contribution in [0, 0.1) is 17.8 Å². The second-order valence-corrected chi connectivity index (χ2v) is 5.47. The van der Waals surface area contributed by atoms with Crippen molar-refractivity contribution in [2.45, 2.75) is 33.7 Å². The van der Waals surface area contributed by atoms with Crippen molar-refractivity contribution in [2.24, 2.45) is 5.92 Å². The third-order valence-corrected chi connectivity index (χ3v) is 2.48. The van der Waals surface area contributed by atoms with E-state index in [1.165, 1.54) is 0 Å². The molecule has 0 aromatic heterocycles. The smallest absolute Gasteiger partial charge is 0.107 e. The van der Waals surface area contributed by atoms with Crippen LogP contribution in [0.25, 0.3) is 0 Å². The normalized spacial score (nSPS) is 11.0. The van der Waals surface area contributed by atoms with Crippen molar-refractivity contribution >= 4 is 0 Å². The molecule has 0 unspecified atom stereocenters. The van der Waals surface area contributed by atoms with Crippen LogP contribution in [0.1, 0.15) is 27.7 Å². The standard InChI is InChI=1S/C17H33NO4/c1-16(2)6-5-8-19-10-12-21-14-15-22-13-11-20-9-7-18-17(3)4/h16-18H,7-15H2,1-4H3. The largest absolute Gasteiger partial charge is 0.378 e. The molecule has 130 valence electrons. The maximum absolute atomic E-state index is 5.42. The molecule has 0 saturated heterocycles. The summed E-state index contributed by atoms with van der Waals surface area (Å²) in [5.74, 6) is 6.40. The predicted octanol–water partition coefficient (Wildman–Crippen LogP) is 1.71. The third-order valence-electron chi connectivity index (χ3n) is 2.48. The van der Waals surface area contributed by atoms with Crippen LogP contribution in [0.2, 0.25) is 0 Å². The lowest BCUT2D eigenvalue weighted by Crippen LogP contribution is -2.27. The molecular formula is C17H33NO4. The number of rotatable bonds is 14. The van der Waals surface area contributed by atoms with E-state index in [2.05, 4.69) is 44.9 Å². The molecule has 0 aliphatic rings. The minimum Gasteiger partial charge on any atom is -0.378 e. The molecule has 5 heteroatoms. The summed E-state index contributed by atoms with van der Waals surface area (Å²) in [6, 6.07) is 0.503. The van der Waals surface area contributed by atoms with Crippen LogP contribution >= 0.6 is 0 Å². The monoisotopic (exact) mass is 315 g/mol. The van der Waals surface area contributed by atoms with Gasteiger partial charge >= 0.3 is 0 Å². The molecule has 0 aromatic rings. The summed E-state index contributed by atoms with van der Waals surface area (Å²) in [5, 5.41) is 3.29. The molecule has 0 fully saturated rings. The van der Waals surface area contributed by atoms with Crippen molar-refractivity contribution in [1.82, 2.24) is 5.32 Å². The molecule has 0 heterocycles. The minimum atomic E-state index is 0.396. The van der Waals surface area contributed by atoms with Crippen LogP contribution < -0.4 is 5.32 Å². The molecule has 1 N–H and O–H groups in total. The molecule has 22 heavy (non-hydrogen) atoms.